The monoisotopic (exact) mass is 321 g/mol. The third-order valence-electron chi connectivity index (χ3n) is 2.96. The van der Waals surface area contributed by atoms with E-state index in [4.69, 9.17) is 4.42 Å². The molecule has 0 unspecified atom stereocenters. The largest absolute Gasteiger partial charge is 0.508 e. The quantitative estimate of drug-likeness (QED) is 0.756. The number of rotatable bonds is 3. The van der Waals surface area contributed by atoms with Crippen LogP contribution in [0, 0.1) is 0 Å². The van der Waals surface area contributed by atoms with Crippen LogP contribution in [0.1, 0.15) is 5.56 Å². The number of aromatic hydroxyl groups is 1. The lowest BCUT2D eigenvalue weighted by Crippen LogP contribution is -2.05. The standard InChI is InChI=1S/C15H10F3N3O2/c16-15(17,18)10-4-2-5-11(8-10)19-14-21-20-13(23-14)9-3-1-6-12(22)7-9/h1-8,22H,(H,19,21). The molecule has 0 amide bonds. The van der Waals surface area contributed by atoms with Gasteiger partial charge in [-0.1, -0.05) is 17.2 Å². The van der Waals surface area contributed by atoms with Crippen LogP contribution >= 0.6 is 0 Å². The van der Waals surface area contributed by atoms with Crippen LogP contribution in [0.5, 0.6) is 5.75 Å². The van der Waals surface area contributed by atoms with Gasteiger partial charge in [-0.3, -0.25) is 0 Å². The summed E-state index contributed by atoms with van der Waals surface area (Å²) in [6.07, 6.45) is -4.43. The van der Waals surface area contributed by atoms with Crippen LogP contribution < -0.4 is 5.32 Å². The van der Waals surface area contributed by atoms with Gasteiger partial charge >= 0.3 is 12.2 Å². The molecule has 0 bridgehead atoms. The Morgan fingerprint density at radius 3 is 2.52 bits per heavy atom. The fourth-order valence-electron chi connectivity index (χ4n) is 1.93. The summed E-state index contributed by atoms with van der Waals surface area (Å²) in [6.45, 7) is 0. The van der Waals surface area contributed by atoms with Crippen molar-refractivity contribution in [1.29, 1.82) is 0 Å². The molecule has 0 saturated heterocycles. The highest BCUT2D eigenvalue weighted by Gasteiger charge is 2.30. The van der Waals surface area contributed by atoms with Gasteiger partial charge in [0.15, 0.2) is 0 Å². The zero-order chi connectivity index (χ0) is 16.4. The molecule has 118 valence electrons. The van der Waals surface area contributed by atoms with E-state index < -0.39 is 11.7 Å². The number of nitrogens with zero attached hydrogens (tertiary/aromatic N) is 2. The number of benzene rings is 2. The highest BCUT2D eigenvalue weighted by Crippen LogP contribution is 2.31. The molecule has 0 saturated carbocycles. The molecule has 2 aromatic carbocycles. The van der Waals surface area contributed by atoms with E-state index in [1.807, 2.05) is 0 Å². The second-order valence-electron chi connectivity index (χ2n) is 4.67. The lowest BCUT2D eigenvalue weighted by molar-refractivity contribution is -0.137. The minimum absolute atomic E-state index is 0.0353. The average Bonchev–Trinajstić information content (AvgIpc) is 2.95. The number of hydrogen-bond acceptors (Lipinski definition) is 5. The summed E-state index contributed by atoms with van der Waals surface area (Å²) in [4.78, 5) is 0. The van der Waals surface area contributed by atoms with Crippen molar-refractivity contribution in [2.75, 3.05) is 5.32 Å². The highest BCUT2D eigenvalue weighted by atomic mass is 19.4. The van der Waals surface area contributed by atoms with Gasteiger partial charge in [0.25, 0.3) is 0 Å². The molecule has 0 aliphatic rings. The number of alkyl halides is 3. The van der Waals surface area contributed by atoms with Gasteiger partial charge in [0.1, 0.15) is 5.75 Å². The molecule has 1 heterocycles. The zero-order valence-corrected chi connectivity index (χ0v) is 11.5. The Morgan fingerprint density at radius 2 is 1.78 bits per heavy atom. The number of phenols is 1. The maximum atomic E-state index is 12.7. The van der Waals surface area contributed by atoms with Crippen LogP contribution in [-0.4, -0.2) is 15.3 Å². The maximum absolute atomic E-state index is 12.7. The Balaban J connectivity index is 1.82. The second-order valence-corrected chi connectivity index (χ2v) is 4.67. The van der Waals surface area contributed by atoms with Gasteiger partial charge in [-0.25, -0.2) is 0 Å². The molecule has 3 aromatic rings. The molecule has 3 rings (SSSR count). The molecular weight excluding hydrogens is 311 g/mol. The predicted molar refractivity (Wildman–Crippen MR) is 76.1 cm³/mol. The molecule has 0 fully saturated rings. The summed E-state index contributed by atoms with van der Waals surface area (Å²) in [7, 11) is 0. The molecule has 0 aliphatic carbocycles. The first kappa shape index (κ1) is 14.9. The number of phenolic OH excluding ortho intramolecular Hbond substituents is 1. The first-order valence-corrected chi connectivity index (χ1v) is 6.49. The Bertz CT molecular complexity index is 831. The Hall–Kier alpha value is -3.03. The van der Waals surface area contributed by atoms with Crippen molar-refractivity contribution in [3.8, 4) is 17.2 Å². The third kappa shape index (κ3) is 3.42. The van der Waals surface area contributed by atoms with Crippen molar-refractivity contribution < 1.29 is 22.7 Å². The van der Waals surface area contributed by atoms with Crippen LogP contribution in [0.2, 0.25) is 0 Å². The molecule has 0 radical (unpaired) electrons. The molecule has 5 nitrogen and oxygen atoms in total. The van der Waals surface area contributed by atoms with Crippen molar-refractivity contribution >= 4 is 11.7 Å². The lowest BCUT2D eigenvalue weighted by Gasteiger charge is -2.08. The van der Waals surface area contributed by atoms with Gasteiger partial charge < -0.3 is 14.8 Å². The van der Waals surface area contributed by atoms with Gasteiger partial charge in [-0.05, 0) is 36.4 Å². The number of anilines is 2. The van der Waals surface area contributed by atoms with Crippen LogP contribution in [0.3, 0.4) is 0 Å². The molecule has 1 aromatic heterocycles. The summed E-state index contributed by atoms with van der Waals surface area (Å²) in [5.74, 6) is 0.170. The molecule has 0 atom stereocenters. The van der Waals surface area contributed by atoms with E-state index in [1.54, 1.807) is 12.1 Å². The van der Waals surface area contributed by atoms with E-state index in [2.05, 4.69) is 15.5 Å². The number of aromatic nitrogens is 2. The van der Waals surface area contributed by atoms with Crippen molar-refractivity contribution in [1.82, 2.24) is 10.2 Å². The van der Waals surface area contributed by atoms with Crippen LogP contribution in [0.4, 0.5) is 24.9 Å². The van der Waals surface area contributed by atoms with E-state index in [9.17, 15) is 18.3 Å². The minimum Gasteiger partial charge on any atom is -0.508 e. The molecule has 23 heavy (non-hydrogen) atoms. The van der Waals surface area contributed by atoms with E-state index in [0.717, 1.165) is 12.1 Å². The molecule has 0 spiro atoms. The number of nitrogens with one attached hydrogen (secondary N) is 1. The van der Waals surface area contributed by atoms with Crippen molar-refractivity contribution in [3.63, 3.8) is 0 Å². The maximum Gasteiger partial charge on any atom is 0.416 e. The normalized spacial score (nSPS) is 11.4. The van der Waals surface area contributed by atoms with Gasteiger partial charge in [-0.2, -0.15) is 13.2 Å². The predicted octanol–water partition coefficient (Wildman–Crippen LogP) is 4.20. The lowest BCUT2D eigenvalue weighted by atomic mass is 10.2. The fraction of sp³-hybridized carbons (Fsp3) is 0.0667. The first-order valence-electron chi connectivity index (χ1n) is 6.49. The molecular formula is C15H10F3N3O2. The summed E-state index contributed by atoms with van der Waals surface area (Å²) < 4.78 is 43.3. The van der Waals surface area contributed by atoms with Crippen molar-refractivity contribution in [2.45, 2.75) is 6.18 Å². The van der Waals surface area contributed by atoms with Crippen LogP contribution in [0.15, 0.2) is 52.9 Å². The third-order valence-corrected chi connectivity index (χ3v) is 2.96. The first-order chi connectivity index (χ1) is 10.9. The van der Waals surface area contributed by atoms with Gasteiger partial charge in [0, 0.05) is 11.3 Å². The average molecular weight is 321 g/mol. The van der Waals surface area contributed by atoms with Crippen LogP contribution in [-0.2, 0) is 6.18 Å². The summed E-state index contributed by atoms with van der Waals surface area (Å²) in [5, 5.41) is 19.5. The molecule has 2 N–H and O–H groups in total. The van der Waals surface area contributed by atoms with Crippen molar-refractivity contribution in [3.05, 3.63) is 54.1 Å². The van der Waals surface area contributed by atoms with Crippen molar-refractivity contribution in [2.24, 2.45) is 0 Å². The Labute approximate surface area is 128 Å². The number of hydrogen-bond donors (Lipinski definition) is 2. The molecule has 8 heteroatoms. The summed E-state index contributed by atoms with van der Waals surface area (Å²) >= 11 is 0. The molecule has 0 aliphatic heterocycles. The topological polar surface area (TPSA) is 71.2 Å². The van der Waals surface area contributed by atoms with E-state index in [1.165, 1.54) is 24.3 Å². The SMILES string of the molecule is Oc1cccc(-c2nnc(Nc3cccc(C(F)(F)F)c3)o2)c1. The number of halogens is 3. The zero-order valence-electron chi connectivity index (χ0n) is 11.5. The highest BCUT2D eigenvalue weighted by molar-refractivity contribution is 5.58. The summed E-state index contributed by atoms with van der Waals surface area (Å²) in [5.41, 5.74) is -0.115. The Kier molecular flexibility index (Phi) is 3.65. The van der Waals surface area contributed by atoms with E-state index in [-0.39, 0.29) is 23.3 Å². The second kappa shape index (κ2) is 5.64. The van der Waals surface area contributed by atoms with E-state index in [0.29, 0.717) is 5.56 Å². The van der Waals surface area contributed by atoms with Gasteiger partial charge in [-0.15, -0.1) is 5.10 Å². The minimum atomic E-state index is -4.43. The van der Waals surface area contributed by atoms with Crippen LogP contribution in [0.25, 0.3) is 11.5 Å². The summed E-state index contributed by atoms with van der Waals surface area (Å²) in [6, 6.07) is 10.8. The van der Waals surface area contributed by atoms with Gasteiger partial charge in [0.2, 0.25) is 5.89 Å². The van der Waals surface area contributed by atoms with Gasteiger partial charge in [0.05, 0.1) is 5.56 Å². The smallest absolute Gasteiger partial charge is 0.416 e. The fourth-order valence-corrected chi connectivity index (χ4v) is 1.93. The Morgan fingerprint density at radius 1 is 1.00 bits per heavy atom. The van der Waals surface area contributed by atoms with E-state index >= 15 is 0 Å².